The van der Waals surface area contributed by atoms with Gasteiger partial charge in [-0.15, -0.1) is 0 Å². The van der Waals surface area contributed by atoms with Gasteiger partial charge in [0.25, 0.3) is 0 Å². The summed E-state index contributed by atoms with van der Waals surface area (Å²) in [6.07, 6.45) is 6.09. The first-order chi connectivity index (χ1) is 11.7. The van der Waals surface area contributed by atoms with E-state index < -0.39 is 0 Å². The van der Waals surface area contributed by atoms with E-state index in [1.807, 2.05) is 6.07 Å². The Morgan fingerprint density at radius 1 is 1.12 bits per heavy atom. The lowest BCUT2D eigenvalue weighted by Gasteiger charge is -2.17. The van der Waals surface area contributed by atoms with Crippen molar-refractivity contribution >= 4 is 21.5 Å². The van der Waals surface area contributed by atoms with Gasteiger partial charge in [-0.2, -0.15) is 0 Å². The third kappa shape index (κ3) is 3.11. The van der Waals surface area contributed by atoms with Gasteiger partial charge in [-0.3, -0.25) is 4.36 Å². The van der Waals surface area contributed by atoms with E-state index in [0.29, 0.717) is 11.0 Å². The summed E-state index contributed by atoms with van der Waals surface area (Å²) >= 11 is 0. The van der Waals surface area contributed by atoms with Crippen molar-refractivity contribution in [1.82, 2.24) is 0 Å². The molecule has 0 aliphatic carbocycles. The minimum absolute atomic E-state index is 0.0748. The number of aromatic hydroxyl groups is 1. The molecule has 0 bridgehead atoms. The molecular formula is C21H29NOS. The Hall–Kier alpha value is -1.35. The fraction of sp³-hybridized carbons (Fsp3) is 0.524. The summed E-state index contributed by atoms with van der Waals surface area (Å²) in [5.41, 5.74) is 3.93. The van der Waals surface area contributed by atoms with Crippen LogP contribution in [0, 0.1) is 6.92 Å². The molecule has 0 saturated heterocycles. The number of benzene rings is 2. The summed E-state index contributed by atoms with van der Waals surface area (Å²) in [6.45, 7) is 7.56. The van der Waals surface area contributed by atoms with Crippen LogP contribution >= 0.6 is 0 Å². The smallest absolute Gasteiger partial charge is 0.126 e. The van der Waals surface area contributed by atoms with Gasteiger partial charge in [0.05, 0.1) is 0 Å². The van der Waals surface area contributed by atoms with E-state index in [1.54, 1.807) is 0 Å². The van der Waals surface area contributed by atoms with Crippen molar-refractivity contribution < 1.29 is 5.11 Å². The molecule has 1 aliphatic rings. The molecule has 2 atom stereocenters. The first-order valence-corrected chi connectivity index (χ1v) is 10.7. The summed E-state index contributed by atoms with van der Waals surface area (Å²) in [5, 5.41) is 13.5. The van der Waals surface area contributed by atoms with Crippen molar-refractivity contribution in [3.8, 4) is 5.75 Å². The van der Waals surface area contributed by atoms with Crippen LogP contribution in [0.25, 0.3) is 10.8 Å². The number of hydrogen-bond acceptors (Lipinski definition) is 2. The highest BCUT2D eigenvalue weighted by Crippen LogP contribution is 2.47. The molecule has 0 fully saturated rings. The van der Waals surface area contributed by atoms with Crippen LogP contribution in [0.5, 0.6) is 5.75 Å². The normalized spacial score (nSPS) is 20.0. The van der Waals surface area contributed by atoms with Crippen molar-refractivity contribution in [3.63, 3.8) is 0 Å². The number of hydrogen-bond donors (Lipinski definition) is 1. The van der Waals surface area contributed by atoms with Crippen LogP contribution in [-0.2, 0) is 16.4 Å². The fourth-order valence-electron chi connectivity index (χ4n) is 3.72. The van der Waals surface area contributed by atoms with E-state index in [9.17, 15) is 5.11 Å². The predicted molar refractivity (Wildman–Crippen MR) is 106 cm³/mol. The van der Waals surface area contributed by atoms with Gasteiger partial charge in [-0.1, -0.05) is 68.1 Å². The van der Waals surface area contributed by atoms with Crippen LogP contribution in [0.2, 0.25) is 0 Å². The largest absolute Gasteiger partial charge is 0.507 e. The van der Waals surface area contributed by atoms with Gasteiger partial charge >= 0.3 is 0 Å². The van der Waals surface area contributed by atoms with Gasteiger partial charge in [0.15, 0.2) is 0 Å². The molecule has 2 nitrogen and oxygen atoms in total. The van der Waals surface area contributed by atoms with Gasteiger partial charge in [0, 0.05) is 22.9 Å². The second-order valence-corrected chi connectivity index (χ2v) is 8.71. The van der Waals surface area contributed by atoms with E-state index in [0.717, 1.165) is 23.2 Å². The maximum Gasteiger partial charge on any atom is 0.126 e. The van der Waals surface area contributed by atoms with E-state index in [1.165, 1.54) is 48.6 Å². The number of rotatable bonds is 6. The predicted octanol–water partition coefficient (Wildman–Crippen LogP) is 6.20. The summed E-state index contributed by atoms with van der Waals surface area (Å²) in [6, 6.07) is 8.36. The van der Waals surface area contributed by atoms with Crippen molar-refractivity contribution in [2.45, 2.75) is 63.9 Å². The second-order valence-electron chi connectivity index (χ2n) is 6.79. The van der Waals surface area contributed by atoms with Gasteiger partial charge in [-0.25, -0.2) is 0 Å². The van der Waals surface area contributed by atoms with Gasteiger partial charge in [0.2, 0.25) is 0 Å². The third-order valence-electron chi connectivity index (χ3n) is 5.14. The summed E-state index contributed by atoms with van der Waals surface area (Å²) in [7, 11) is 0.0748. The first-order valence-electron chi connectivity index (χ1n) is 9.29. The lowest BCUT2D eigenvalue weighted by molar-refractivity contribution is 0.477. The molecule has 2 aromatic rings. The molecule has 0 aromatic heterocycles. The maximum absolute atomic E-state index is 10.7. The highest BCUT2D eigenvalue weighted by Gasteiger charge is 2.31. The molecule has 24 heavy (non-hydrogen) atoms. The number of phenolic OH excluding ortho intramolecular Hbond substituents is 1. The highest BCUT2D eigenvalue weighted by atomic mass is 32.2. The van der Waals surface area contributed by atoms with E-state index in [-0.39, 0.29) is 10.7 Å². The van der Waals surface area contributed by atoms with Gasteiger partial charge < -0.3 is 5.11 Å². The summed E-state index contributed by atoms with van der Waals surface area (Å²) in [5.74, 6) is 1.50. The topological polar surface area (TPSA) is 32.6 Å². The van der Waals surface area contributed by atoms with Crippen LogP contribution in [0.3, 0.4) is 0 Å². The molecule has 0 saturated carbocycles. The first kappa shape index (κ1) is 17.5. The fourth-order valence-corrected chi connectivity index (χ4v) is 6.20. The molecule has 1 aliphatic heterocycles. The Balaban J connectivity index is 2.13. The molecule has 130 valence electrons. The highest BCUT2D eigenvalue weighted by molar-refractivity contribution is 7.87. The molecule has 1 heterocycles. The molecular weight excluding hydrogens is 314 g/mol. The monoisotopic (exact) mass is 343 g/mol. The quantitative estimate of drug-likeness (QED) is 0.622. The molecule has 1 N–H and O–H groups in total. The Morgan fingerprint density at radius 3 is 2.54 bits per heavy atom. The van der Waals surface area contributed by atoms with Crippen LogP contribution in [-0.4, -0.2) is 11.7 Å². The van der Waals surface area contributed by atoms with Crippen molar-refractivity contribution in [2.75, 3.05) is 6.54 Å². The third-order valence-corrected chi connectivity index (χ3v) is 7.36. The average molecular weight is 344 g/mol. The van der Waals surface area contributed by atoms with Gasteiger partial charge in [0.1, 0.15) is 5.75 Å². The number of phenols is 1. The lowest BCUT2D eigenvalue weighted by atomic mass is 9.91. The Kier molecular flexibility index (Phi) is 5.60. The van der Waals surface area contributed by atoms with Crippen LogP contribution in [0.15, 0.2) is 28.6 Å². The maximum atomic E-state index is 10.7. The zero-order chi connectivity index (χ0) is 17.1. The minimum atomic E-state index is 0.0748. The van der Waals surface area contributed by atoms with Crippen LogP contribution in [0.1, 0.15) is 67.9 Å². The lowest BCUT2D eigenvalue weighted by Crippen LogP contribution is -2.02. The SMILES string of the molecule is CCCCN=S1Cc2c(C)c(O)c3ccccc3c2C1CCCC. The van der Waals surface area contributed by atoms with Crippen molar-refractivity contribution in [1.29, 1.82) is 0 Å². The molecule has 0 spiro atoms. The zero-order valence-electron chi connectivity index (χ0n) is 15.1. The number of fused-ring (bicyclic) bond motifs is 3. The summed E-state index contributed by atoms with van der Waals surface area (Å²) < 4.78 is 5.09. The molecule has 0 radical (unpaired) electrons. The van der Waals surface area contributed by atoms with Gasteiger partial charge in [-0.05, 0) is 41.8 Å². The summed E-state index contributed by atoms with van der Waals surface area (Å²) in [4.78, 5) is 0. The van der Waals surface area contributed by atoms with E-state index in [4.69, 9.17) is 4.36 Å². The Bertz CT molecular complexity index is 766. The second kappa shape index (κ2) is 7.69. The zero-order valence-corrected chi connectivity index (χ0v) is 16.0. The standard InChI is InChI=1S/C21H29NOS/c1-4-6-12-19-20-16-10-8-9-11-17(16)21(23)15(3)18(20)14-24(19)22-13-7-5-2/h8-11,19,23H,4-7,12-14H2,1-3H3. The molecule has 3 rings (SSSR count). The number of unbranched alkanes of at least 4 members (excludes halogenated alkanes) is 2. The van der Waals surface area contributed by atoms with E-state index in [2.05, 4.69) is 39.0 Å². The van der Waals surface area contributed by atoms with Crippen molar-refractivity contribution in [2.24, 2.45) is 4.36 Å². The molecule has 2 unspecified atom stereocenters. The van der Waals surface area contributed by atoms with Crippen molar-refractivity contribution in [3.05, 3.63) is 41.0 Å². The minimum Gasteiger partial charge on any atom is -0.507 e. The van der Waals surface area contributed by atoms with Crippen LogP contribution < -0.4 is 0 Å². The average Bonchev–Trinajstić information content (AvgIpc) is 2.97. The molecule has 0 amide bonds. The number of nitrogens with zero attached hydrogens (tertiary/aromatic N) is 1. The Morgan fingerprint density at radius 2 is 1.83 bits per heavy atom. The van der Waals surface area contributed by atoms with E-state index >= 15 is 0 Å². The van der Waals surface area contributed by atoms with Crippen LogP contribution in [0.4, 0.5) is 0 Å². The Labute approximate surface area is 148 Å². The molecule has 2 aromatic carbocycles. The molecule has 3 heteroatoms.